The van der Waals surface area contributed by atoms with E-state index in [1.807, 2.05) is 36.4 Å². The summed E-state index contributed by atoms with van der Waals surface area (Å²) in [4.78, 5) is 45.6. The molecule has 2 amide bonds. The van der Waals surface area contributed by atoms with Gasteiger partial charge in [-0.2, -0.15) is 0 Å². The summed E-state index contributed by atoms with van der Waals surface area (Å²) in [6, 6.07) is 14.1. The minimum absolute atomic E-state index is 0.135. The highest BCUT2D eigenvalue weighted by Gasteiger charge is 2.75. The Hall–Kier alpha value is -3.46. The second-order valence-electron chi connectivity index (χ2n) is 11.1. The van der Waals surface area contributed by atoms with Gasteiger partial charge in [0.15, 0.2) is 0 Å². The van der Waals surface area contributed by atoms with Crippen LogP contribution in [0.15, 0.2) is 79.9 Å². The summed E-state index contributed by atoms with van der Waals surface area (Å²) in [5.74, 6) is -3.05. The second kappa shape index (κ2) is 12.8. The maximum atomic E-state index is 14.7. The predicted molar refractivity (Wildman–Crippen MR) is 160 cm³/mol. The number of hydrogen-bond acceptors (Lipinski definition) is 6. The minimum atomic E-state index is -1.26. The molecule has 3 saturated heterocycles. The van der Waals surface area contributed by atoms with Crippen molar-refractivity contribution in [1.29, 1.82) is 0 Å². The number of likely N-dealkylation sites (tertiary alicyclic amines) is 1. The molecule has 2 unspecified atom stereocenters. The van der Waals surface area contributed by atoms with Crippen LogP contribution in [-0.4, -0.2) is 65.3 Å². The lowest BCUT2D eigenvalue weighted by Gasteiger charge is -2.39. The molecule has 42 heavy (non-hydrogen) atoms. The molecule has 3 aliphatic heterocycles. The number of anilines is 1. The van der Waals surface area contributed by atoms with Gasteiger partial charge in [0.2, 0.25) is 5.91 Å². The number of allylic oxidation sites excluding steroid dienone is 1. The Bertz CT molecular complexity index is 1330. The number of aliphatic hydroxyl groups excluding tert-OH is 1. The number of aliphatic hydroxyl groups is 1. The molecule has 3 aliphatic rings. The zero-order chi connectivity index (χ0) is 29.9. The van der Waals surface area contributed by atoms with Gasteiger partial charge >= 0.3 is 5.97 Å². The van der Waals surface area contributed by atoms with E-state index in [4.69, 9.17) is 21.1 Å². The van der Waals surface area contributed by atoms with Gasteiger partial charge < -0.3 is 24.4 Å². The van der Waals surface area contributed by atoms with Gasteiger partial charge in [0.1, 0.15) is 11.6 Å². The van der Waals surface area contributed by atoms with Crippen molar-refractivity contribution in [2.24, 2.45) is 11.8 Å². The van der Waals surface area contributed by atoms with Crippen LogP contribution in [0, 0.1) is 11.8 Å². The minimum Gasteiger partial charge on any atom is -0.465 e. The zero-order valence-electron chi connectivity index (χ0n) is 23.6. The summed E-state index contributed by atoms with van der Waals surface area (Å²) in [7, 11) is 0. The summed E-state index contributed by atoms with van der Waals surface area (Å²) in [5.41, 5.74) is -0.111. The van der Waals surface area contributed by atoms with E-state index in [0.29, 0.717) is 35.5 Å². The van der Waals surface area contributed by atoms with E-state index in [-0.39, 0.29) is 13.2 Å². The summed E-state index contributed by atoms with van der Waals surface area (Å²) in [6.07, 6.45) is 6.16. The molecule has 3 fully saturated rings. The first kappa shape index (κ1) is 30.0. The number of rotatable bonds is 13. The average Bonchev–Trinajstić information content (AvgIpc) is 3.64. The zero-order valence-corrected chi connectivity index (χ0v) is 24.3. The van der Waals surface area contributed by atoms with Crippen LogP contribution in [0.25, 0.3) is 0 Å². The Morgan fingerprint density at radius 2 is 1.88 bits per heavy atom. The molecule has 222 valence electrons. The molecular formula is C33H37ClN2O6. The Morgan fingerprint density at radius 1 is 1.14 bits per heavy atom. The molecular weight excluding hydrogens is 556 g/mol. The maximum absolute atomic E-state index is 14.7. The van der Waals surface area contributed by atoms with E-state index in [1.54, 1.807) is 30.3 Å². The molecule has 0 aliphatic carbocycles. The lowest BCUT2D eigenvalue weighted by Crippen LogP contribution is -2.57. The van der Waals surface area contributed by atoms with E-state index in [0.717, 1.165) is 12.8 Å². The largest absolute Gasteiger partial charge is 0.465 e. The van der Waals surface area contributed by atoms with Crippen molar-refractivity contribution in [3.05, 3.63) is 90.5 Å². The number of carbonyl (C=O) groups is 3. The number of halogens is 1. The van der Waals surface area contributed by atoms with Gasteiger partial charge in [-0.1, -0.05) is 66.2 Å². The number of amides is 2. The number of carbonyl (C=O) groups excluding carboxylic acids is 3. The number of hydrogen-bond donors (Lipinski definition) is 1. The molecule has 1 N–H and O–H groups in total. The Morgan fingerprint density at radius 3 is 2.57 bits per heavy atom. The summed E-state index contributed by atoms with van der Waals surface area (Å²) < 4.78 is 12.2. The number of para-hydroxylation sites is 1. The fraction of sp³-hybridized carbons (Fsp3) is 0.424. The summed E-state index contributed by atoms with van der Waals surface area (Å²) >= 11 is 6.54. The van der Waals surface area contributed by atoms with Gasteiger partial charge in [-0.15, -0.1) is 13.2 Å². The van der Waals surface area contributed by atoms with Gasteiger partial charge in [-0.3, -0.25) is 14.4 Å². The summed E-state index contributed by atoms with van der Waals surface area (Å²) in [5, 5.41) is 11.0. The quantitative estimate of drug-likeness (QED) is 0.203. The molecule has 0 saturated carbocycles. The molecule has 8 nitrogen and oxygen atoms in total. The molecule has 0 radical (unpaired) electrons. The van der Waals surface area contributed by atoms with E-state index in [9.17, 15) is 19.5 Å². The number of ether oxygens (including phenoxy) is 2. The molecule has 2 aromatic rings. The van der Waals surface area contributed by atoms with Gasteiger partial charge in [0.05, 0.1) is 47.9 Å². The normalized spacial score (nSPS) is 26.5. The van der Waals surface area contributed by atoms with Crippen LogP contribution in [0.3, 0.4) is 0 Å². The van der Waals surface area contributed by atoms with Crippen molar-refractivity contribution in [2.75, 3.05) is 24.7 Å². The van der Waals surface area contributed by atoms with Crippen LogP contribution in [0.1, 0.15) is 43.7 Å². The smallest absolute Gasteiger partial charge is 0.312 e. The molecule has 0 aromatic heterocycles. The van der Waals surface area contributed by atoms with Gasteiger partial charge in [-0.25, -0.2) is 0 Å². The first-order valence-electron chi connectivity index (χ1n) is 14.5. The number of fused-ring (bicyclic) bond motifs is 1. The monoisotopic (exact) mass is 592 g/mol. The van der Waals surface area contributed by atoms with Crippen LogP contribution in [0.2, 0.25) is 5.02 Å². The van der Waals surface area contributed by atoms with E-state index >= 15 is 0 Å². The van der Waals surface area contributed by atoms with Crippen LogP contribution in [0.5, 0.6) is 0 Å². The predicted octanol–water partition coefficient (Wildman–Crippen LogP) is 4.87. The highest BCUT2D eigenvalue weighted by atomic mass is 35.5. The maximum Gasteiger partial charge on any atom is 0.312 e. The van der Waals surface area contributed by atoms with E-state index < -0.39 is 60.0 Å². The third-order valence-electron chi connectivity index (χ3n) is 8.71. The van der Waals surface area contributed by atoms with Crippen molar-refractivity contribution in [1.82, 2.24) is 4.90 Å². The van der Waals surface area contributed by atoms with Gasteiger partial charge in [-0.05, 0) is 49.8 Å². The first-order valence-corrected chi connectivity index (χ1v) is 14.9. The SMILES string of the molecule is C=CCCCCOC(=O)[C@@H]1[C@H]2C(=O)N([C@H](CO)c3ccccc3)C(C(=O)N(CC=C)c3ccccc3Cl)C23CC[C@H]1O3. The van der Waals surface area contributed by atoms with Crippen molar-refractivity contribution >= 4 is 35.1 Å². The van der Waals surface area contributed by atoms with Crippen molar-refractivity contribution in [3.63, 3.8) is 0 Å². The molecule has 2 bridgehead atoms. The van der Waals surface area contributed by atoms with Crippen LogP contribution >= 0.6 is 11.6 Å². The third kappa shape index (κ3) is 5.16. The number of benzene rings is 2. The first-order chi connectivity index (χ1) is 20.4. The lowest BCUT2D eigenvalue weighted by atomic mass is 9.70. The number of nitrogens with zero attached hydrogens (tertiary/aromatic N) is 2. The van der Waals surface area contributed by atoms with Crippen molar-refractivity contribution in [3.8, 4) is 0 Å². The van der Waals surface area contributed by atoms with Crippen molar-refractivity contribution in [2.45, 2.75) is 55.9 Å². The lowest BCUT2D eigenvalue weighted by molar-refractivity contribution is -0.156. The Kier molecular flexibility index (Phi) is 9.16. The van der Waals surface area contributed by atoms with Gasteiger partial charge in [0.25, 0.3) is 5.91 Å². The molecule has 9 heteroatoms. The van der Waals surface area contributed by atoms with E-state index in [1.165, 1.54) is 9.80 Å². The molecule has 2 aromatic carbocycles. The standard InChI is InChI=1S/C33H37ClN2O6/c1-3-5-6-12-20-41-32(40)27-26-17-18-33(42-26)28(27)30(38)36(25(21-37)22-13-8-7-9-14-22)29(33)31(39)35(19-4-2)24-16-11-10-15-23(24)34/h3-4,7-11,13-16,25-29,37H,1-2,5-6,12,17-21H2/t25-,26-,27+,28+,29?,33?/m1/s1. The fourth-order valence-corrected chi connectivity index (χ4v) is 7.16. The summed E-state index contributed by atoms with van der Waals surface area (Å²) in [6.45, 7) is 7.51. The highest BCUT2D eigenvalue weighted by molar-refractivity contribution is 6.34. The number of unbranched alkanes of at least 4 members (excludes halogenated alkanes) is 2. The molecule has 6 atom stereocenters. The van der Waals surface area contributed by atoms with Crippen molar-refractivity contribution < 1.29 is 29.0 Å². The molecule has 5 rings (SSSR count). The fourth-order valence-electron chi connectivity index (χ4n) is 6.92. The molecule has 1 spiro atoms. The second-order valence-corrected chi connectivity index (χ2v) is 11.5. The highest BCUT2D eigenvalue weighted by Crippen LogP contribution is 2.60. The third-order valence-corrected chi connectivity index (χ3v) is 9.02. The average molecular weight is 593 g/mol. The van der Waals surface area contributed by atoms with Crippen LogP contribution in [0.4, 0.5) is 5.69 Å². The van der Waals surface area contributed by atoms with Crippen LogP contribution in [-0.2, 0) is 23.9 Å². The Labute approximate surface area is 251 Å². The Balaban J connectivity index is 1.56. The van der Waals surface area contributed by atoms with Gasteiger partial charge in [0, 0.05) is 6.54 Å². The number of esters is 1. The molecule has 3 heterocycles. The van der Waals surface area contributed by atoms with E-state index in [2.05, 4.69) is 13.2 Å². The topological polar surface area (TPSA) is 96.4 Å². The van der Waals surface area contributed by atoms with Crippen LogP contribution < -0.4 is 4.90 Å².